The first-order valence-corrected chi connectivity index (χ1v) is 10.5. The number of amides is 2. The normalized spacial score (nSPS) is 19.1. The fourth-order valence-electron chi connectivity index (χ4n) is 3.91. The second kappa shape index (κ2) is 9.76. The van der Waals surface area contributed by atoms with E-state index in [1.54, 1.807) is 18.2 Å². The largest absolute Gasteiger partial charge is 0.340 e. The maximum atomic E-state index is 12.5. The molecule has 0 unspecified atom stereocenters. The van der Waals surface area contributed by atoms with E-state index in [1.807, 2.05) is 4.90 Å². The van der Waals surface area contributed by atoms with Gasteiger partial charge in [-0.05, 0) is 37.0 Å². The van der Waals surface area contributed by atoms with Gasteiger partial charge in [-0.3, -0.25) is 14.5 Å². The lowest BCUT2D eigenvalue weighted by Gasteiger charge is -2.35. The number of anilines is 1. The second-order valence-corrected chi connectivity index (χ2v) is 8.38. The molecule has 3 rings (SSSR count). The number of nitrogens with one attached hydrogen (secondary N) is 1. The van der Waals surface area contributed by atoms with Gasteiger partial charge in [-0.25, -0.2) is 0 Å². The number of carbonyl (C=O) groups is 2. The van der Waals surface area contributed by atoms with Gasteiger partial charge in [0.2, 0.25) is 11.8 Å². The van der Waals surface area contributed by atoms with Crippen LogP contribution in [0.2, 0.25) is 10.0 Å². The molecule has 1 aliphatic heterocycles. The van der Waals surface area contributed by atoms with E-state index in [0.717, 1.165) is 0 Å². The van der Waals surface area contributed by atoms with Crippen LogP contribution in [0, 0.1) is 5.92 Å². The smallest absolute Gasteiger partial charge is 0.238 e. The molecule has 148 valence electrons. The Labute approximate surface area is 171 Å². The molecule has 2 aliphatic rings. The molecule has 5 nitrogen and oxygen atoms in total. The Kier molecular flexibility index (Phi) is 7.39. The van der Waals surface area contributed by atoms with Crippen LogP contribution >= 0.6 is 23.2 Å². The summed E-state index contributed by atoms with van der Waals surface area (Å²) in [4.78, 5) is 28.8. The zero-order valence-electron chi connectivity index (χ0n) is 15.6. The van der Waals surface area contributed by atoms with E-state index in [-0.39, 0.29) is 18.4 Å². The van der Waals surface area contributed by atoms with Crippen molar-refractivity contribution in [3.8, 4) is 0 Å². The van der Waals surface area contributed by atoms with E-state index >= 15 is 0 Å². The van der Waals surface area contributed by atoms with E-state index < -0.39 is 0 Å². The van der Waals surface area contributed by atoms with E-state index in [1.165, 1.54) is 32.1 Å². The van der Waals surface area contributed by atoms with Gasteiger partial charge >= 0.3 is 0 Å². The number of piperazine rings is 1. The predicted octanol–water partition coefficient (Wildman–Crippen LogP) is 4.05. The molecule has 0 aromatic heterocycles. The standard InChI is InChI=1S/C20H27Cl2N3O2/c21-16-6-7-17(22)18(13-16)23-19(26)14-24-8-10-25(11-9-24)20(27)12-15-4-2-1-3-5-15/h6-7,13,15H,1-5,8-12,14H2,(H,23,26). The number of nitrogens with zero attached hydrogens (tertiary/aromatic N) is 2. The first-order valence-electron chi connectivity index (χ1n) is 9.76. The first kappa shape index (κ1) is 20.4. The molecule has 1 saturated carbocycles. The summed E-state index contributed by atoms with van der Waals surface area (Å²) in [6.07, 6.45) is 6.91. The molecule has 2 fully saturated rings. The lowest BCUT2D eigenvalue weighted by atomic mass is 9.86. The minimum absolute atomic E-state index is 0.124. The van der Waals surface area contributed by atoms with Gasteiger partial charge in [-0.2, -0.15) is 0 Å². The minimum atomic E-state index is -0.124. The Hall–Kier alpha value is -1.30. The summed E-state index contributed by atoms with van der Waals surface area (Å²) in [5.74, 6) is 0.718. The van der Waals surface area contributed by atoms with Crippen LogP contribution in [-0.2, 0) is 9.59 Å². The van der Waals surface area contributed by atoms with Crippen LogP contribution in [0.1, 0.15) is 38.5 Å². The number of hydrogen-bond acceptors (Lipinski definition) is 3. The van der Waals surface area contributed by atoms with Crippen LogP contribution in [0.5, 0.6) is 0 Å². The first-order chi connectivity index (χ1) is 13.0. The average molecular weight is 412 g/mol. The Balaban J connectivity index is 1.41. The van der Waals surface area contributed by atoms with Gasteiger partial charge in [0.05, 0.1) is 17.3 Å². The van der Waals surface area contributed by atoms with Gasteiger partial charge in [0.25, 0.3) is 0 Å². The minimum Gasteiger partial charge on any atom is -0.340 e. The number of rotatable bonds is 5. The quantitative estimate of drug-likeness (QED) is 0.794. The summed E-state index contributed by atoms with van der Waals surface area (Å²) < 4.78 is 0. The Morgan fingerprint density at radius 2 is 1.74 bits per heavy atom. The molecule has 1 heterocycles. The van der Waals surface area contributed by atoms with Crippen molar-refractivity contribution >= 4 is 40.7 Å². The van der Waals surface area contributed by atoms with E-state index in [2.05, 4.69) is 10.2 Å². The monoisotopic (exact) mass is 411 g/mol. The van der Waals surface area contributed by atoms with Crippen LogP contribution in [0.25, 0.3) is 0 Å². The van der Waals surface area contributed by atoms with Crippen molar-refractivity contribution in [1.29, 1.82) is 0 Å². The summed E-state index contributed by atoms with van der Waals surface area (Å²) in [5.41, 5.74) is 0.524. The molecule has 1 N–H and O–H groups in total. The summed E-state index contributed by atoms with van der Waals surface area (Å²) in [5, 5.41) is 3.80. The highest BCUT2D eigenvalue weighted by molar-refractivity contribution is 6.35. The molecular formula is C20H27Cl2N3O2. The molecule has 0 bridgehead atoms. The van der Waals surface area contributed by atoms with E-state index in [0.29, 0.717) is 54.3 Å². The third-order valence-corrected chi connectivity index (χ3v) is 6.05. The van der Waals surface area contributed by atoms with E-state index in [4.69, 9.17) is 23.2 Å². The Bertz CT molecular complexity index is 669. The van der Waals surface area contributed by atoms with Gasteiger partial charge < -0.3 is 10.2 Å². The zero-order chi connectivity index (χ0) is 19.2. The van der Waals surface area contributed by atoms with Crippen LogP contribution in [0.15, 0.2) is 18.2 Å². The highest BCUT2D eigenvalue weighted by Crippen LogP contribution is 2.27. The van der Waals surface area contributed by atoms with Crippen LogP contribution in [0.3, 0.4) is 0 Å². The van der Waals surface area contributed by atoms with Crippen molar-refractivity contribution in [1.82, 2.24) is 9.80 Å². The number of halogens is 2. The molecule has 1 aromatic rings. The molecule has 0 spiro atoms. The summed E-state index contributed by atoms with van der Waals surface area (Å²) in [7, 11) is 0. The Morgan fingerprint density at radius 1 is 1.04 bits per heavy atom. The highest BCUT2D eigenvalue weighted by atomic mass is 35.5. The fourth-order valence-corrected chi connectivity index (χ4v) is 4.25. The molecule has 2 amide bonds. The number of hydrogen-bond donors (Lipinski definition) is 1. The highest BCUT2D eigenvalue weighted by Gasteiger charge is 2.25. The van der Waals surface area contributed by atoms with Crippen LogP contribution < -0.4 is 5.32 Å². The summed E-state index contributed by atoms with van der Waals surface area (Å²) in [6.45, 7) is 3.10. The van der Waals surface area contributed by atoms with Gasteiger partial charge in [0, 0.05) is 37.6 Å². The summed E-state index contributed by atoms with van der Waals surface area (Å²) >= 11 is 12.0. The van der Waals surface area contributed by atoms with E-state index in [9.17, 15) is 9.59 Å². The SMILES string of the molecule is O=C(CN1CCN(C(=O)CC2CCCCC2)CC1)Nc1cc(Cl)ccc1Cl. The molecule has 27 heavy (non-hydrogen) atoms. The third kappa shape index (κ3) is 6.09. The number of carbonyl (C=O) groups excluding carboxylic acids is 2. The van der Waals surface area contributed by atoms with Crippen molar-refractivity contribution < 1.29 is 9.59 Å². The molecular weight excluding hydrogens is 385 g/mol. The van der Waals surface area contributed by atoms with Crippen molar-refractivity contribution in [3.63, 3.8) is 0 Å². The average Bonchev–Trinajstić information content (AvgIpc) is 2.66. The van der Waals surface area contributed by atoms with Crippen molar-refractivity contribution in [2.75, 3.05) is 38.0 Å². The lowest BCUT2D eigenvalue weighted by molar-refractivity contribution is -0.134. The zero-order valence-corrected chi connectivity index (χ0v) is 17.1. The lowest BCUT2D eigenvalue weighted by Crippen LogP contribution is -2.50. The third-order valence-electron chi connectivity index (χ3n) is 5.48. The molecule has 0 radical (unpaired) electrons. The maximum absolute atomic E-state index is 12.5. The van der Waals surface area contributed by atoms with Gasteiger partial charge in [-0.15, -0.1) is 0 Å². The predicted molar refractivity (Wildman–Crippen MR) is 109 cm³/mol. The van der Waals surface area contributed by atoms with Gasteiger partial charge in [-0.1, -0.05) is 42.5 Å². The molecule has 1 saturated heterocycles. The van der Waals surface area contributed by atoms with Crippen LogP contribution in [0.4, 0.5) is 5.69 Å². The van der Waals surface area contributed by atoms with Gasteiger partial charge in [0.15, 0.2) is 0 Å². The van der Waals surface area contributed by atoms with Crippen molar-refractivity contribution in [2.24, 2.45) is 5.92 Å². The molecule has 1 aromatic carbocycles. The molecule has 1 aliphatic carbocycles. The molecule has 0 atom stereocenters. The summed E-state index contributed by atoms with van der Waals surface area (Å²) in [6, 6.07) is 4.99. The maximum Gasteiger partial charge on any atom is 0.238 e. The van der Waals surface area contributed by atoms with Gasteiger partial charge in [0.1, 0.15) is 0 Å². The Morgan fingerprint density at radius 3 is 2.44 bits per heavy atom. The topological polar surface area (TPSA) is 52.7 Å². The van der Waals surface area contributed by atoms with Crippen molar-refractivity contribution in [2.45, 2.75) is 38.5 Å². The second-order valence-electron chi connectivity index (χ2n) is 7.54. The van der Waals surface area contributed by atoms with Crippen molar-refractivity contribution in [3.05, 3.63) is 28.2 Å². The molecule has 7 heteroatoms. The van der Waals surface area contributed by atoms with Crippen LogP contribution in [-0.4, -0.2) is 54.3 Å². The number of benzene rings is 1. The fraction of sp³-hybridized carbons (Fsp3) is 0.600.